The number of allylic oxidation sites excluding steroid dienone is 3. The van der Waals surface area contributed by atoms with Crippen molar-refractivity contribution in [3.05, 3.63) is 36.6 Å². The van der Waals surface area contributed by atoms with Gasteiger partial charge in [-0.2, -0.15) is 0 Å². The van der Waals surface area contributed by atoms with Gasteiger partial charge < -0.3 is 20.5 Å². The minimum atomic E-state index is -0.782. The standard InChI is InChI=1S/C12H16N2O3/c1-9-5-3-2-4-6-14-11(15)10(13)12(17-9)7-16-8-12/h2-5,10H,1,6-8,13H2,(H,14,15)/b4-2-,5-3-. The van der Waals surface area contributed by atoms with Crippen LogP contribution in [0.5, 0.6) is 0 Å². The second-order valence-electron chi connectivity index (χ2n) is 4.14. The van der Waals surface area contributed by atoms with Crippen LogP contribution in [-0.2, 0) is 14.3 Å². The number of hydrogen-bond donors (Lipinski definition) is 2. The maximum atomic E-state index is 11.8. The normalized spacial score (nSPS) is 31.7. The highest BCUT2D eigenvalue weighted by atomic mass is 16.6. The predicted molar refractivity (Wildman–Crippen MR) is 63.0 cm³/mol. The van der Waals surface area contributed by atoms with Crippen LogP contribution in [0.2, 0.25) is 0 Å². The van der Waals surface area contributed by atoms with Gasteiger partial charge in [0.15, 0.2) is 5.60 Å². The number of ether oxygens (including phenoxy) is 2. The van der Waals surface area contributed by atoms with E-state index in [1.54, 1.807) is 12.2 Å². The van der Waals surface area contributed by atoms with Gasteiger partial charge in [0, 0.05) is 6.54 Å². The smallest absolute Gasteiger partial charge is 0.241 e. The van der Waals surface area contributed by atoms with Gasteiger partial charge in [0.25, 0.3) is 0 Å². The fraction of sp³-hybridized carbons (Fsp3) is 0.417. The summed E-state index contributed by atoms with van der Waals surface area (Å²) in [5.41, 5.74) is 5.13. The van der Waals surface area contributed by atoms with Gasteiger partial charge >= 0.3 is 0 Å². The van der Waals surface area contributed by atoms with E-state index in [0.717, 1.165) is 0 Å². The molecule has 17 heavy (non-hydrogen) atoms. The largest absolute Gasteiger partial charge is 0.481 e. The van der Waals surface area contributed by atoms with E-state index in [1.165, 1.54) is 0 Å². The number of nitrogens with one attached hydrogen (secondary N) is 1. The number of carbonyl (C=O) groups is 1. The first-order valence-corrected chi connectivity index (χ1v) is 5.46. The van der Waals surface area contributed by atoms with Crippen molar-refractivity contribution in [1.29, 1.82) is 0 Å². The number of rotatable bonds is 0. The molecule has 1 atom stereocenters. The van der Waals surface area contributed by atoms with E-state index < -0.39 is 11.6 Å². The molecule has 1 saturated heterocycles. The lowest BCUT2D eigenvalue weighted by Gasteiger charge is -2.44. The molecule has 2 aliphatic heterocycles. The third-order valence-corrected chi connectivity index (χ3v) is 2.80. The van der Waals surface area contributed by atoms with Crippen molar-refractivity contribution in [2.24, 2.45) is 5.73 Å². The summed E-state index contributed by atoms with van der Waals surface area (Å²) in [6.07, 6.45) is 7.18. The maximum absolute atomic E-state index is 11.8. The molecule has 0 radical (unpaired) electrons. The molecular formula is C12H16N2O3. The Hall–Kier alpha value is -1.59. The van der Waals surface area contributed by atoms with Crippen LogP contribution >= 0.6 is 0 Å². The molecule has 5 heteroatoms. The predicted octanol–water partition coefficient (Wildman–Crippen LogP) is -0.145. The highest BCUT2D eigenvalue weighted by Crippen LogP contribution is 2.28. The molecule has 2 rings (SSSR count). The van der Waals surface area contributed by atoms with Crippen molar-refractivity contribution in [2.75, 3.05) is 19.8 Å². The lowest BCUT2D eigenvalue weighted by molar-refractivity contribution is -0.199. The maximum Gasteiger partial charge on any atom is 0.241 e. The van der Waals surface area contributed by atoms with E-state index in [9.17, 15) is 4.79 Å². The molecule has 92 valence electrons. The molecule has 0 aliphatic carbocycles. The molecule has 1 spiro atoms. The summed E-state index contributed by atoms with van der Waals surface area (Å²) in [7, 11) is 0. The first-order valence-electron chi connectivity index (χ1n) is 5.46. The zero-order chi connectivity index (χ0) is 12.3. The Morgan fingerprint density at radius 2 is 2.24 bits per heavy atom. The Morgan fingerprint density at radius 1 is 1.47 bits per heavy atom. The summed E-state index contributed by atoms with van der Waals surface area (Å²) >= 11 is 0. The van der Waals surface area contributed by atoms with Gasteiger partial charge in [-0.15, -0.1) is 0 Å². The van der Waals surface area contributed by atoms with Crippen molar-refractivity contribution in [1.82, 2.24) is 5.32 Å². The fourth-order valence-electron chi connectivity index (χ4n) is 1.72. The van der Waals surface area contributed by atoms with E-state index in [2.05, 4.69) is 11.9 Å². The van der Waals surface area contributed by atoms with Crippen molar-refractivity contribution >= 4 is 5.91 Å². The lowest BCUT2D eigenvalue weighted by Crippen LogP contribution is -2.67. The lowest BCUT2D eigenvalue weighted by atomic mass is 9.91. The van der Waals surface area contributed by atoms with Crippen LogP contribution in [-0.4, -0.2) is 37.3 Å². The summed E-state index contributed by atoms with van der Waals surface area (Å²) in [5.74, 6) is 0.232. The Kier molecular flexibility index (Phi) is 3.31. The molecule has 0 aromatic rings. The van der Waals surface area contributed by atoms with Crippen LogP contribution in [0.1, 0.15) is 0 Å². The highest BCUT2D eigenvalue weighted by molar-refractivity contribution is 5.83. The quantitative estimate of drug-likeness (QED) is 0.613. The van der Waals surface area contributed by atoms with Gasteiger partial charge in [-0.3, -0.25) is 4.79 Å². The number of nitrogens with two attached hydrogens (primary N) is 1. The van der Waals surface area contributed by atoms with Crippen LogP contribution < -0.4 is 11.1 Å². The van der Waals surface area contributed by atoms with E-state index in [4.69, 9.17) is 15.2 Å². The van der Waals surface area contributed by atoms with Gasteiger partial charge in [0.2, 0.25) is 5.91 Å². The van der Waals surface area contributed by atoms with Gasteiger partial charge in [-0.25, -0.2) is 0 Å². The molecule has 5 nitrogen and oxygen atoms in total. The first kappa shape index (κ1) is 11.9. The molecule has 3 N–H and O–H groups in total. The van der Waals surface area contributed by atoms with Crippen molar-refractivity contribution in [3.63, 3.8) is 0 Å². The zero-order valence-corrected chi connectivity index (χ0v) is 9.52. The topological polar surface area (TPSA) is 73.6 Å². The number of amides is 1. The second kappa shape index (κ2) is 4.73. The SMILES string of the molecule is C=C1/C=C\C=C/CNC(=O)C(N)C2(COC2)O1. The van der Waals surface area contributed by atoms with Crippen LogP contribution in [0.4, 0.5) is 0 Å². The molecule has 1 unspecified atom stereocenters. The monoisotopic (exact) mass is 236 g/mol. The number of carbonyl (C=O) groups excluding carboxylic acids is 1. The summed E-state index contributed by atoms with van der Waals surface area (Å²) in [5, 5.41) is 2.72. The zero-order valence-electron chi connectivity index (χ0n) is 9.52. The second-order valence-corrected chi connectivity index (χ2v) is 4.14. The molecule has 1 fully saturated rings. The van der Waals surface area contributed by atoms with Gasteiger partial charge in [0.1, 0.15) is 11.8 Å². The Balaban J connectivity index is 2.19. The molecule has 2 aliphatic rings. The highest BCUT2D eigenvalue weighted by Gasteiger charge is 2.50. The van der Waals surface area contributed by atoms with E-state index in [0.29, 0.717) is 25.5 Å². The van der Waals surface area contributed by atoms with Crippen LogP contribution in [0.25, 0.3) is 0 Å². The van der Waals surface area contributed by atoms with Crippen molar-refractivity contribution < 1.29 is 14.3 Å². The van der Waals surface area contributed by atoms with E-state index in [-0.39, 0.29) is 5.91 Å². The van der Waals surface area contributed by atoms with E-state index >= 15 is 0 Å². The van der Waals surface area contributed by atoms with Gasteiger partial charge in [0.05, 0.1) is 13.2 Å². The average molecular weight is 236 g/mol. The fourth-order valence-corrected chi connectivity index (χ4v) is 1.72. The molecule has 2 heterocycles. The van der Waals surface area contributed by atoms with Crippen molar-refractivity contribution in [3.8, 4) is 0 Å². The van der Waals surface area contributed by atoms with Gasteiger partial charge in [-0.1, -0.05) is 24.8 Å². The Labute approximate surface area is 100.0 Å². The van der Waals surface area contributed by atoms with Crippen LogP contribution in [0.3, 0.4) is 0 Å². The van der Waals surface area contributed by atoms with Crippen molar-refractivity contribution in [2.45, 2.75) is 11.6 Å². The summed E-state index contributed by atoms with van der Waals surface area (Å²) in [4.78, 5) is 11.8. The molecule has 1 amide bonds. The third kappa shape index (κ3) is 2.40. The minimum Gasteiger partial charge on any atom is -0.481 e. The molecule has 0 aromatic heterocycles. The first-order chi connectivity index (χ1) is 8.14. The molecule has 0 bridgehead atoms. The van der Waals surface area contributed by atoms with Crippen LogP contribution in [0, 0.1) is 0 Å². The minimum absolute atomic E-state index is 0.243. The summed E-state index contributed by atoms with van der Waals surface area (Å²) in [6.45, 7) is 4.83. The molecule has 0 saturated carbocycles. The molecule has 0 aromatic carbocycles. The Morgan fingerprint density at radius 3 is 2.88 bits per heavy atom. The van der Waals surface area contributed by atoms with Gasteiger partial charge in [-0.05, 0) is 6.08 Å². The molecular weight excluding hydrogens is 220 g/mol. The van der Waals surface area contributed by atoms with E-state index in [1.807, 2.05) is 12.2 Å². The summed E-state index contributed by atoms with van der Waals surface area (Å²) in [6, 6.07) is -0.757. The van der Waals surface area contributed by atoms with Crippen LogP contribution in [0.15, 0.2) is 36.6 Å². The number of hydrogen-bond acceptors (Lipinski definition) is 4. The summed E-state index contributed by atoms with van der Waals surface area (Å²) < 4.78 is 10.8. The third-order valence-electron chi connectivity index (χ3n) is 2.80. The Bertz CT molecular complexity index is 383. The average Bonchev–Trinajstić information content (AvgIpc) is 2.28.